The van der Waals surface area contributed by atoms with E-state index in [2.05, 4.69) is 39.9 Å². The van der Waals surface area contributed by atoms with Crippen LogP contribution < -0.4 is 0 Å². The van der Waals surface area contributed by atoms with Crippen molar-refractivity contribution < 1.29 is 4.79 Å². The van der Waals surface area contributed by atoms with E-state index in [1.807, 2.05) is 38.1 Å². The molecule has 0 N–H and O–H groups in total. The Kier molecular flexibility index (Phi) is 4.87. The molecule has 3 aromatic rings. The van der Waals surface area contributed by atoms with Crippen LogP contribution in [0.3, 0.4) is 0 Å². The molecule has 4 rings (SSSR count). The summed E-state index contributed by atoms with van der Waals surface area (Å²) in [6.07, 6.45) is 2.33. The van der Waals surface area contributed by atoms with Crippen molar-refractivity contribution in [1.82, 2.24) is 14.8 Å². The largest absolute Gasteiger partial charge is 0.293 e. The van der Waals surface area contributed by atoms with Crippen LogP contribution in [0.5, 0.6) is 0 Å². The summed E-state index contributed by atoms with van der Waals surface area (Å²) in [6.45, 7) is 6.13. The number of benzene rings is 2. The average Bonchev–Trinajstić information content (AvgIpc) is 3.43. The standard InChI is InChI=1S/C22H23N3OS/c1-14-11-16(3)19(12-15(14)2)20(26)13-27-22-24-23-21(17-9-10-17)25(22)18-7-5-4-6-8-18/h4-8,11-12,17H,9-10,13H2,1-3H3. The van der Waals surface area contributed by atoms with Gasteiger partial charge >= 0.3 is 0 Å². The zero-order chi connectivity index (χ0) is 19.0. The van der Waals surface area contributed by atoms with E-state index < -0.39 is 0 Å². The van der Waals surface area contributed by atoms with Crippen LogP contribution in [-0.2, 0) is 0 Å². The Hall–Kier alpha value is -2.40. The number of para-hydroxylation sites is 1. The number of Topliss-reactive ketones (excluding diaryl/α,β-unsaturated/α-hetero) is 1. The maximum Gasteiger partial charge on any atom is 0.196 e. The minimum absolute atomic E-state index is 0.135. The summed E-state index contributed by atoms with van der Waals surface area (Å²) in [5.41, 5.74) is 5.26. The van der Waals surface area contributed by atoms with E-state index in [1.54, 1.807) is 0 Å². The molecule has 2 aromatic carbocycles. The molecule has 138 valence electrons. The number of carbonyl (C=O) groups excluding carboxylic acids is 1. The van der Waals surface area contributed by atoms with Gasteiger partial charge in [0.2, 0.25) is 0 Å². The lowest BCUT2D eigenvalue weighted by molar-refractivity contribution is 0.102. The Labute approximate surface area is 164 Å². The van der Waals surface area contributed by atoms with Crippen molar-refractivity contribution in [2.45, 2.75) is 44.7 Å². The first-order valence-electron chi connectivity index (χ1n) is 9.29. The zero-order valence-electron chi connectivity index (χ0n) is 15.9. The molecule has 1 saturated carbocycles. The third kappa shape index (κ3) is 3.69. The van der Waals surface area contributed by atoms with Crippen molar-refractivity contribution in [2.75, 3.05) is 5.75 Å². The number of hydrogen-bond donors (Lipinski definition) is 0. The number of carbonyl (C=O) groups is 1. The van der Waals surface area contributed by atoms with Gasteiger partial charge in [0, 0.05) is 17.2 Å². The number of ketones is 1. The highest BCUT2D eigenvalue weighted by molar-refractivity contribution is 7.99. The number of hydrogen-bond acceptors (Lipinski definition) is 4. The fourth-order valence-corrected chi connectivity index (χ4v) is 4.11. The fourth-order valence-electron chi connectivity index (χ4n) is 3.27. The number of thioether (sulfide) groups is 1. The molecule has 0 saturated heterocycles. The molecule has 1 heterocycles. The Balaban J connectivity index is 1.59. The molecule has 1 aliphatic rings. The van der Waals surface area contributed by atoms with Gasteiger partial charge in [0.1, 0.15) is 5.82 Å². The summed E-state index contributed by atoms with van der Waals surface area (Å²) in [4.78, 5) is 12.8. The number of aryl methyl sites for hydroxylation is 3. The monoisotopic (exact) mass is 377 g/mol. The highest BCUT2D eigenvalue weighted by Crippen LogP contribution is 2.41. The lowest BCUT2D eigenvalue weighted by Gasteiger charge is -2.11. The molecular formula is C22H23N3OS. The van der Waals surface area contributed by atoms with Crippen molar-refractivity contribution in [3.63, 3.8) is 0 Å². The lowest BCUT2D eigenvalue weighted by Crippen LogP contribution is -2.08. The Bertz CT molecular complexity index is 990. The van der Waals surface area contributed by atoms with Crippen molar-refractivity contribution in [3.05, 3.63) is 70.5 Å². The summed E-state index contributed by atoms with van der Waals surface area (Å²) >= 11 is 1.47. The predicted molar refractivity (Wildman–Crippen MR) is 109 cm³/mol. The van der Waals surface area contributed by atoms with Gasteiger partial charge in [0.15, 0.2) is 10.9 Å². The van der Waals surface area contributed by atoms with Gasteiger partial charge in [-0.05, 0) is 68.5 Å². The third-order valence-corrected chi connectivity index (χ3v) is 6.02. The summed E-state index contributed by atoms with van der Waals surface area (Å²) in [5.74, 6) is 2.00. The Morgan fingerprint density at radius 2 is 1.74 bits per heavy atom. The number of aromatic nitrogens is 3. The molecule has 1 aliphatic carbocycles. The van der Waals surface area contributed by atoms with Crippen LogP contribution >= 0.6 is 11.8 Å². The number of rotatable bonds is 6. The Morgan fingerprint density at radius 3 is 2.44 bits per heavy atom. The molecule has 0 unspecified atom stereocenters. The van der Waals surface area contributed by atoms with Gasteiger partial charge in [0.25, 0.3) is 0 Å². The van der Waals surface area contributed by atoms with Gasteiger partial charge in [-0.15, -0.1) is 10.2 Å². The normalized spacial score (nSPS) is 13.7. The summed E-state index contributed by atoms with van der Waals surface area (Å²) in [5, 5.41) is 9.62. The van der Waals surface area contributed by atoms with Crippen LogP contribution in [0.25, 0.3) is 5.69 Å². The van der Waals surface area contributed by atoms with Gasteiger partial charge in [-0.3, -0.25) is 9.36 Å². The summed E-state index contributed by atoms with van der Waals surface area (Å²) in [6, 6.07) is 14.3. The van der Waals surface area contributed by atoms with Crippen LogP contribution in [0, 0.1) is 20.8 Å². The minimum atomic E-state index is 0.135. The first-order valence-corrected chi connectivity index (χ1v) is 10.3. The first kappa shape index (κ1) is 18.0. The molecule has 0 aliphatic heterocycles. The Morgan fingerprint density at radius 1 is 1.04 bits per heavy atom. The van der Waals surface area contributed by atoms with Crippen LogP contribution in [0.2, 0.25) is 0 Å². The highest BCUT2D eigenvalue weighted by atomic mass is 32.2. The SMILES string of the molecule is Cc1cc(C)c(C(=O)CSc2nnc(C3CC3)n2-c2ccccc2)cc1C. The molecule has 0 amide bonds. The van der Waals surface area contributed by atoms with E-state index in [-0.39, 0.29) is 5.78 Å². The van der Waals surface area contributed by atoms with E-state index in [1.165, 1.54) is 17.3 Å². The van der Waals surface area contributed by atoms with Crippen LogP contribution in [0.1, 0.15) is 51.6 Å². The van der Waals surface area contributed by atoms with Gasteiger partial charge in [-0.2, -0.15) is 0 Å². The van der Waals surface area contributed by atoms with E-state index in [0.717, 1.165) is 46.2 Å². The smallest absolute Gasteiger partial charge is 0.196 e. The van der Waals surface area contributed by atoms with E-state index in [9.17, 15) is 4.79 Å². The highest BCUT2D eigenvalue weighted by Gasteiger charge is 2.31. The number of nitrogens with zero attached hydrogens (tertiary/aromatic N) is 3. The van der Waals surface area contributed by atoms with E-state index in [4.69, 9.17) is 0 Å². The summed E-state index contributed by atoms with van der Waals surface area (Å²) < 4.78 is 2.11. The predicted octanol–water partition coefficient (Wildman–Crippen LogP) is 5.04. The molecule has 0 atom stereocenters. The molecule has 0 spiro atoms. The van der Waals surface area contributed by atoms with Crippen molar-refractivity contribution in [3.8, 4) is 5.69 Å². The molecule has 4 nitrogen and oxygen atoms in total. The molecule has 0 bridgehead atoms. The molecule has 5 heteroatoms. The molecular weight excluding hydrogens is 354 g/mol. The van der Waals surface area contributed by atoms with Gasteiger partial charge in [-0.25, -0.2) is 0 Å². The third-order valence-electron chi connectivity index (χ3n) is 5.09. The van der Waals surface area contributed by atoms with Gasteiger partial charge < -0.3 is 0 Å². The average molecular weight is 378 g/mol. The van der Waals surface area contributed by atoms with Crippen molar-refractivity contribution in [1.29, 1.82) is 0 Å². The first-order chi connectivity index (χ1) is 13.0. The van der Waals surface area contributed by atoms with Crippen LogP contribution in [0.15, 0.2) is 47.6 Å². The van der Waals surface area contributed by atoms with Gasteiger partial charge in [-0.1, -0.05) is 36.0 Å². The molecule has 1 fully saturated rings. The van der Waals surface area contributed by atoms with Crippen molar-refractivity contribution in [2.24, 2.45) is 0 Å². The quantitative estimate of drug-likeness (QED) is 0.446. The lowest BCUT2D eigenvalue weighted by atomic mass is 9.99. The molecule has 1 aromatic heterocycles. The maximum absolute atomic E-state index is 12.8. The van der Waals surface area contributed by atoms with Crippen molar-refractivity contribution >= 4 is 17.5 Å². The second-order valence-electron chi connectivity index (χ2n) is 7.25. The van der Waals surface area contributed by atoms with E-state index >= 15 is 0 Å². The second-order valence-corrected chi connectivity index (χ2v) is 8.19. The molecule has 27 heavy (non-hydrogen) atoms. The van der Waals surface area contributed by atoms with Gasteiger partial charge in [0.05, 0.1) is 5.75 Å². The fraction of sp³-hybridized carbons (Fsp3) is 0.318. The zero-order valence-corrected chi connectivity index (χ0v) is 16.7. The topological polar surface area (TPSA) is 47.8 Å². The second kappa shape index (κ2) is 7.31. The molecule has 0 radical (unpaired) electrons. The van der Waals surface area contributed by atoms with Crippen LogP contribution in [0.4, 0.5) is 0 Å². The minimum Gasteiger partial charge on any atom is -0.293 e. The van der Waals surface area contributed by atoms with Crippen LogP contribution in [-0.4, -0.2) is 26.3 Å². The van der Waals surface area contributed by atoms with E-state index in [0.29, 0.717) is 11.7 Å². The summed E-state index contributed by atoms with van der Waals surface area (Å²) in [7, 11) is 0. The maximum atomic E-state index is 12.8.